The van der Waals surface area contributed by atoms with Crippen LogP contribution in [0.1, 0.15) is 37.7 Å². The minimum Gasteiger partial charge on any atom is -0.488 e. The topological polar surface area (TPSA) is 56.5 Å². The number of rotatable bonds is 5. The second-order valence-corrected chi connectivity index (χ2v) is 10.6. The first kappa shape index (κ1) is 23.9. The summed E-state index contributed by atoms with van der Waals surface area (Å²) < 4.78 is 8.45. The number of aromatic nitrogens is 2. The molecule has 6 heteroatoms. The summed E-state index contributed by atoms with van der Waals surface area (Å²) in [5.41, 5.74) is 1.94. The number of para-hydroxylation sites is 1. The van der Waals surface area contributed by atoms with Crippen molar-refractivity contribution in [2.24, 2.45) is 5.10 Å². The van der Waals surface area contributed by atoms with Crippen molar-refractivity contribution in [3.05, 3.63) is 117 Å². The van der Waals surface area contributed by atoms with E-state index in [4.69, 9.17) is 9.72 Å². The van der Waals surface area contributed by atoms with E-state index in [1.807, 2.05) is 75.4 Å². The van der Waals surface area contributed by atoms with E-state index >= 15 is 0 Å². The first-order chi connectivity index (χ1) is 17.3. The Morgan fingerprint density at radius 2 is 1.69 bits per heavy atom. The van der Waals surface area contributed by atoms with Gasteiger partial charge >= 0.3 is 0 Å². The Morgan fingerprint density at radius 3 is 2.53 bits per heavy atom. The van der Waals surface area contributed by atoms with Gasteiger partial charge < -0.3 is 4.74 Å². The van der Waals surface area contributed by atoms with Crippen molar-refractivity contribution in [3.8, 4) is 5.75 Å². The van der Waals surface area contributed by atoms with Crippen LogP contribution in [0.4, 0.5) is 0 Å². The number of halogens is 1. The number of hydrogen-bond donors (Lipinski definition) is 0. The zero-order chi connectivity index (χ0) is 25.3. The molecule has 0 radical (unpaired) electrons. The molecular formula is C30H26BrN3O2. The van der Waals surface area contributed by atoms with Gasteiger partial charge in [-0.3, -0.25) is 4.79 Å². The van der Waals surface area contributed by atoms with E-state index in [9.17, 15) is 4.79 Å². The highest BCUT2D eigenvalue weighted by Crippen LogP contribution is 2.25. The van der Waals surface area contributed by atoms with E-state index in [-0.39, 0.29) is 11.0 Å². The van der Waals surface area contributed by atoms with Gasteiger partial charge in [0, 0.05) is 15.5 Å². The van der Waals surface area contributed by atoms with Gasteiger partial charge in [0.25, 0.3) is 5.56 Å². The predicted molar refractivity (Wildman–Crippen MR) is 150 cm³/mol. The molecule has 0 saturated carbocycles. The Hall–Kier alpha value is -3.77. The summed E-state index contributed by atoms with van der Waals surface area (Å²) in [6.45, 7) is 6.48. The standard InChI is InChI=1S/C30H26BrN3O2/c1-30(2,3)29-33-26-16-15-23(31)17-25(26)28(35)34(29)32-18-21-10-5-7-14-27(21)36-19-22-12-8-11-20-9-4-6-13-24(20)22/h4-18H,19H2,1-3H3. The third kappa shape index (κ3) is 4.82. The van der Waals surface area contributed by atoms with Crippen LogP contribution < -0.4 is 10.3 Å². The lowest BCUT2D eigenvalue weighted by Gasteiger charge is -2.21. The number of hydrogen-bond acceptors (Lipinski definition) is 4. The molecule has 0 bridgehead atoms. The molecule has 36 heavy (non-hydrogen) atoms. The molecular weight excluding hydrogens is 514 g/mol. The average molecular weight is 540 g/mol. The molecule has 0 unspecified atom stereocenters. The number of nitrogens with zero attached hydrogens (tertiary/aromatic N) is 3. The monoisotopic (exact) mass is 539 g/mol. The van der Waals surface area contributed by atoms with E-state index < -0.39 is 0 Å². The van der Waals surface area contributed by atoms with Gasteiger partial charge in [0.2, 0.25) is 0 Å². The quantitative estimate of drug-likeness (QED) is 0.224. The van der Waals surface area contributed by atoms with Crippen molar-refractivity contribution < 1.29 is 4.74 Å². The Kier molecular flexibility index (Phi) is 6.46. The molecule has 0 fully saturated rings. The summed E-state index contributed by atoms with van der Waals surface area (Å²) in [6.07, 6.45) is 1.67. The minimum absolute atomic E-state index is 0.211. The SMILES string of the molecule is CC(C)(C)c1nc2ccc(Br)cc2c(=O)n1N=Cc1ccccc1OCc1cccc2ccccc12. The fraction of sp³-hybridized carbons (Fsp3) is 0.167. The molecule has 5 nitrogen and oxygen atoms in total. The predicted octanol–water partition coefficient (Wildman–Crippen LogP) is 7.07. The lowest BCUT2D eigenvalue weighted by atomic mass is 9.95. The van der Waals surface area contributed by atoms with Gasteiger partial charge in [-0.15, -0.1) is 0 Å². The van der Waals surface area contributed by atoms with Crippen molar-refractivity contribution in [1.29, 1.82) is 0 Å². The summed E-state index contributed by atoms with van der Waals surface area (Å²) >= 11 is 3.45. The Bertz CT molecular complexity index is 1660. The highest BCUT2D eigenvalue weighted by Gasteiger charge is 2.23. The van der Waals surface area contributed by atoms with Crippen LogP contribution in [0.3, 0.4) is 0 Å². The van der Waals surface area contributed by atoms with Gasteiger partial charge in [-0.05, 0) is 46.7 Å². The van der Waals surface area contributed by atoms with Gasteiger partial charge in [-0.25, -0.2) is 4.98 Å². The smallest absolute Gasteiger partial charge is 0.282 e. The zero-order valence-corrected chi connectivity index (χ0v) is 22.0. The largest absolute Gasteiger partial charge is 0.488 e. The molecule has 0 aliphatic carbocycles. The number of ether oxygens (including phenoxy) is 1. The highest BCUT2D eigenvalue weighted by molar-refractivity contribution is 9.10. The van der Waals surface area contributed by atoms with Crippen molar-refractivity contribution in [3.63, 3.8) is 0 Å². The van der Waals surface area contributed by atoms with E-state index in [0.29, 0.717) is 29.1 Å². The van der Waals surface area contributed by atoms with Crippen LogP contribution in [-0.4, -0.2) is 15.9 Å². The van der Waals surface area contributed by atoms with Crippen LogP contribution >= 0.6 is 15.9 Å². The lowest BCUT2D eigenvalue weighted by molar-refractivity contribution is 0.307. The van der Waals surface area contributed by atoms with Gasteiger partial charge in [-0.2, -0.15) is 9.78 Å². The van der Waals surface area contributed by atoms with Crippen molar-refractivity contribution in [1.82, 2.24) is 9.66 Å². The summed E-state index contributed by atoms with van der Waals surface area (Å²) in [4.78, 5) is 18.2. The molecule has 0 N–H and O–H groups in total. The number of benzene rings is 4. The van der Waals surface area contributed by atoms with E-state index in [1.165, 1.54) is 15.4 Å². The second-order valence-electron chi connectivity index (χ2n) is 9.67. The molecule has 0 atom stereocenters. The molecule has 180 valence electrons. The molecule has 1 aromatic heterocycles. The summed E-state index contributed by atoms with van der Waals surface area (Å²) in [5, 5.41) is 7.46. The van der Waals surface area contributed by atoms with Crippen molar-refractivity contribution in [2.75, 3.05) is 0 Å². The summed E-state index contributed by atoms with van der Waals surface area (Å²) in [7, 11) is 0. The van der Waals surface area contributed by atoms with E-state index in [0.717, 1.165) is 15.6 Å². The van der Waals surface area contributed by atoms with E-state index in [2.05, 4.69) is 45.3 Å². The second kappa shape index (κ2) is 9.70. The van der Waals surface area contributed by atoms with E-state index in [1.54, 1.807) is 12.3 Å². The number of fused-ring (bicyclic) bond motifs is 2. The van der Waals surface area contributed by atoms with Gasteiger partial charge in [0.15, 0.2) is 0 Å². The van der Waals surface area contributed by atoms with Crippen molar-refractivity contribution >= 4 is 43.8 Å². The maximum absolute atomic E-state index is 13.4. The first-order valence-electron chi connectivity index (χ1n) is 11.8. The first-order valence-corrected chi connectivity index (χ1v) is 12.6. The maximum atomic E-state index is 13.4. The molecule has 1 heterocycles. The van der Waals surface area contributed by atoms with Crippen LogP contribution in [0.2, 0.25) is 0 Å². The van der Waals surface area contributed by atoms with Crippen LogP contribution in [0, 0.1) is 0 Å². The van der Waals surface area contributed by atoms with Gasteiger partial charge in [-0.1, -0.05) is 91.3 Å². The van der Waals surface area contributed by atoms with Gasteiger partial charge in [0.05, 0.1) is 17.1 Å². The average Bonchev–Trinajstić information content (AvgIpc) is 2.87. The van der Waals surface area contributed by atoms with Crippen LogP contribution in [-0.2, 0) is 12.0 Å². The normalized spacial score (nSPS) is 12.0. The van der Waals surface area contributed by atoms with Crippen molar-refractivity contribution in [2.45, 2.75) is 32.8 Å². The summed E-state index contributed by atoms with van der Waals surface area (Å²) in [5.74, 6) is 1.28. The highest BCUT2D eigenvalue weighted by atomic mass is 79.9. The van der Waals surface area contributed by atoms with Crippen LogP contribution in [0.5, 0.6) is 5.75 Å². The van der Waals surface area contributed by atoms with Crippen LogP contribution in [0.25, 0.3) is 21.7 Å². The minimum atomic E-state index is -0.387. The fourth-order valence-electron chi connectivity index (χ4n) is 4.15. The molecule has 0 aliphatic rings. The van der Waals surface area contributed by atoms with Gasteiger partial charge in [0.1, 0.15) is 18.2 Å². The molecule has 5 rings (SSSR count). The molecule has 0 saturated heterocycles. The third-order valence-corrected chi connectivity index (χ3v) is 6.47. The van der Waals surface area contributed by atoms with Crippen LogP contribution in [0.15, 0.2) is 99.3 Å². The summed E-state index contributed by atoms with van der Waals surface area (Å²) in [6, 6.07) is 27.7. The lowest BCUT2D eigenvalue weighted by Crippen LogP contribution is -2.29. The Morgan fingerprint density at radius 1 is 0.944 bits per heavy atom. The Labute approximate surface area is 218 Å². The molecule has 0 spiro atoms. The third-order valence-electron chi connectivity index (χ3n) is 5.97. The molecule has 4 aromatic carbocycles. The zero-order valence-electron chi connectivity index (χ0n) is 20.4. The maximum Gasteiger partial charge on any atom is 0.282 e. The molecule has 0 aliphatic heterocycles. The molecule has 5 aromatic rings. The fourth-order valence-corrected chi connectivity index (χ4v) is 4.51. The molecule has 0 amide bonds. The Balaban J connectivity index is 1.52.